The summed E-state index contributed by atoms with van der Waals surface area (Å²) in [6.07, 6.45) is 3.15. The SMILES string of the molecule is CC1=C(C#N)C=CC(=O)C1N1CCNCC1. The number of nitrogens with one attached hydrogen (secondary N) is 1. The van der Waals surface area contributed by atoms with E-state index in [4.69, 9.17) is 5.26 Å². The highest BCUT2D eigenvalue weighted by Crippen LogP contribution is 2.21. The minimum atomic E-state index is -0.221. The Labute approximate surface area is 95.2 Å². The third kappa shape index (κ3) is 1.92. The summed E-state index contributed by atoms with van der Waals surface area (Å²) < 4.78 is 0. The van der Waals surface area contributed by atoms with Crippen molar-refractivity contribution in [2.24, 2.45) is 0 Å². The third-order valence-electron chi connectivity index (χ3n) is 3.16. The van der Waals surface area contributed by atoms with E-state index in [1.54, 1.807) is 6.08 Å². The van der Waals surface area contributed by atoms with Gasteiger partial charge in [0, 0.05) is 26.2 Å². The van der Waals surface area contributed by atoms with E-state index in [2.05, 4.69) is 16.3 Å². The molecule has 0 spiro atoms. The minimum absolute atomic E-state index is 0.0957. The Bertz CT molecular complexity index is 397. The number of nitriles is 1. The molecule has 2 aliphatic rings. The smallest absolute Gasteiger partial charge is 0.177 e. The molecule has 1 atom stereocenters. The van der Waals surface area contributed by atoms with Crippen LogP contribution in [0.15, 0.2) is 23.3 Å². The number of allylic oxidation sites excluding steroid dienone is 2. The normalized spacial score (nSPS) is 27.0. The van der Waals surface area contributed by atoms with E-state index in [1.165, 1.54) is 6.08 Å². The Balaban J connectivity index is 2.25. The van der Waals surface area contributed by atoms with Crippen LogP contribution in [0.4, 0.5) is 0 Å². The fourth-order valence-corrected chi connectivity index (χ4v) is 2.27. The maximum absolute atomic E-state index is 11.9. The maximum atomic E-state index is 11.9. The lowest BCUT2D eigenvalue weighted by atomic mass is 9.92. The van der Waals surface area contributed by atoms with Crippen LogP contribution in [0.25, 0.3) is 0 Å². The quantitative estimate of drug-likeness (QED) is 0.683. The summed E-state index contributed by atoms with van der Waals surface area (Å²) in [5, 5.41) is 12.2. The number of hydrogen-bond acceptors (Lipinski definition) is 4. The highest BCUT2D eigenvalue weighted by Gasteiger charge is 2.30. The van der Waals surface area contributed by atoms with E-state index in [1.807, 2.05) is 6.92 Å². The average molecular weight is 217 g/mol. The molecule has 1 saturated heterocycles. The van der Waals surface area contributed by atoms with Crippen molar-refractivity contribution in [1.29, 1.82) is 5.26 Å². The van der Waals surface area contributed by atoms with Gasteiger partial charge in [-0.25, -0.2) is 0 Å². The molecular weight excluding hydrogens is 202 g/mol. The number of hydrogen-bond donors (Lipinski definition) is 1. The summed E-state index contributed by atoms with van der Waals surface area (Å²) in [4.78, 5) is 14.0. The third-order valence-corrected chi connectivity index (χ3v) is 3.16. The summed E-state index contributed by atoms with van der Waals surface area (Å²) in [7, 11) is 0. The van der Waals surface area contributed by atoms with E-state index in [0.29, 0.717) is 5.57 Å². The van der Waals surface area contributed by atoms with Gasteiger partial charge in [0.1, 0.15) is 0 Å². The molecular formula is C12H15N3O. The second-order valence-corrected chi connectivity index (χ2v) is 4.13. The Kier molecular flexibility index (Phi) is 3.18. The molecule has 0 aromatic carbocycles. The molecule has 0 radical (unpaired) electrons. The first-order valence-electron chi connectivity index (χ1n) is 5.51. The van der Waals surface area contributed by atoms with Gasteiger partial charge in [0.05, 0.1) is 17.7 Å². The van der Waals surface area contributed by atoms with Crippen molar-refractivity contribution in [2.45, 2.75) is 13.0 Å². The van der Waals surface area contributed by atoms with Gasteiger partial charge in [0.25, 0.3) is 0 Å². The fraction of sp³-hybridized carbons (Fsp3) is 0.500. The number of rotatable bonds is 1. The van der Waals surface area contributed by atoms with Crippen LogP contribution < -0.4 is 5.32 Å². The molecule has 1 aliphatic heterocycles. The molecule has 0 saturated carbocycles. The van der Waals surface area contributed by atoms with Crippen LogP contribution in [0.2, 0.25) is 0 Å². The molecule has 1 heterocycles. The van der Waals surface area contributed by atoms with Crippen LogP contribution in [0.5, 0.6) is 0 Å². The zero-order valence-electron chi connectivity index (χ0n) is 9.36. The van der Waals surface area contributed by atoms with E-state index >= 15 is 0 Å². The standard InChI is InChI=1S/C12H15N3O/c1-9-10(8-13)2-3-11(16)12(9)15-6-4-14-5-7-15/h2-3,12,14H,4-7H2,1H3. The lowest BCUT2D eigenvalue weighted by Crippen LogP contribution is -2.52. The van der Waals surface area contributed by atoms with Gasteiger partial charge in [-0.05, 0) is 24.6 Å². The second-order valence-electron chi connectivity index (χ2n) is 4.13. The van der Waals surface area contributed by atoms with Gasteiger partial charge >= 0.3 is 0 Å². The fourth-order valence-electron chi connectivity index (χ4n) is 2.27. The average Bonchev–Trinajstić information content (AvgIpc) is 2.31. The van der Waals surface area contributed by atoms with Gasteiger partial charge < -0.3 is 5.32 Å². The molecule has 0 amide bonds. The summed E-state index contributed by atoms with van der Waals surface area (Å²) in [6, 6.07) is 1.92. The van der Waals surface area contributed by atoms with Gasteiger partial charge in [-0.1, -0.05) is 0 Å². The van der Waals surface area contributed by atoms with Gasteiger partial charge in [0.15, 0.2) is 5.78 Å². The zero-order valence-corrected chi connectivity index (χ0v) is 9.36. The first-order chi connectivity index (χ1) is 7.74. The van der Waals surface area contributed by atoms with Crippen molar-refractivity contribution in [3.8, 4) is 6.07 Å². The van der Waals surface area contributed by atoms with Crippen LogP contribution in [0.3, 0.4) is 0 Å². The van der Waals surface area contributed by atoms with Crippen LogP contribution in [0.1, 0.15) is 6.92 Å². The van der Waals surface area contributed by atoms with Crippen molar-refractivity contribution >= 4 is 5.78 Å². The number of carbonyl (C=O) groups excluding carboxylic acids is 1. The van der Waals surface area contributed by atoms with Gasteiger partial charge in [0.2, 0.25) is 0 Å². The van der Waals surface area contributed by atoms with Crippen LogP contribution in [0, 0.1) is 11.3 Å². The molecule has 84 valence electrons. The molecule has 2 rings (SSSR count). The topological polar surface area (TPSA) is 56.1 Å². The molecule has 1 aliphatic carbocycles. The van der Waals surface area contributed by atoms with Gasteiger partial charge in [-0.3, -0.25) is 9.69 Å². The van der Waals surface area contributed by atoms with E-state index in [9.17, 15) is 4.79 Å². The monoisotopic (exact) mass is 217 g/mol. The van der Waals surface area contributed by atoms with Crippen molar-refractivity contribution in [2.75, 3.05) is 26.2 Å². The van der Waals surface area contributed by atoms with Crippen molar-refractivity contribution in [3.63, 3.8) is 0 Å². The number of ketones is 1. The molecule has 4 heteroatoms. The summed E-state index contributed by atoms with van der Waals surface area (Å²) in [5.74, 6) is 0.0957. The van der Waals surface area contributed by atoms with Crippen LogP contribution in [-0.2, 0) is 4.79 Å². The van der Waals surface area contributed by atoms with Crippen LogP contribution in [-0.4, -0.2) is 42.9 Å². The Morgan fingerprint density at radius 1 is 1.44 bits per heavy atom. The van der Waals surface area contributed by atoms with Crippen molar-refractivity contribution in [3.05, 3.63) is 23.3 Å². The predicted octanol–water partition coefficient (Wildman–Crippen LogP) is 0.239. The Morgan fingerprint density at radius 2 is 2.12 bits per heavy atom. The van der Waals surface area contributed by atoms with Gasteiger partial charge in [-0.15, -0.1) is 0 Å². The Morgan fingerprint density at radius 3 is 2.75 bits per heavy atom. The van der Waals surface area contributed by atoms with Crippen molar-refractivity contribution in [1.82, 2.24) is 10.2 Å². The Hall–Kier alpha value is -1.44. The molecule has 0 aromatic rings. The van der Waals surface area contributed by atoms with Crippen LogP contribution >= 0.6 is 0 Å². The van der Waals surface area contributed by atoms with E-state index in [0.717, 1.165) is 31.8 Å². The number of piperazine rings is 1. The summed E-state index contributed by atoms with van der Waals surface area (Å²) >= 11 is 0. The first kappa shape index (κ1) is 11.1. The number of nitrogens with zero attached hydrogens (tertiary/aromatic N) is 2. The molecule has 1 unspecified atom stereocenters. The van der Waals surface area contributed by atoms with E-state index in [-0.39, 0.29) is 11.8 Å². The van der Waals surface area contributed by atoms with Gasteiger partial charge in [-0.2, -0.15) is 5.26 Å². The first-order valence-corrected chi connectivity index (χ1v) is 5.51. The minimum Gasteiger partial charge on any atom is -0.314 e. The summed E-state index contributed by atoms with van der Waals surface area (Å²) in [5.41, 5.74) is 1.51. The second kappa shape index (κ2) is 4.60. The lowest BCUT2D eigenvalue weighted by Gasteiger charge is -2.35. The molecule has 1 N–H and O–H groups in total. The highest BCUT2D eigenvalue weighted by atomic mass is 16.1. The number of carbonyl (C=O) groups is 1. The molecule has 0 bridgehead atoms. The molecule has 1 fully saturated rings. The zero-order chi connectivity index (χ0) is 11.5. The molecule has 4 nitrogen and oxygen atoms in total. The summed E-state index contributed by atoms with van der Waals surface area (Å²) in [6.45, 7) is 5.42. The molecule has 0 aromatic heterocycles. The largest absolute Gasteiger partial charge is 0.314 e. The highest BCUT2D eigenvalue weighted by molar-refractivity contribution is 5.99. The lowest BCUT2D eigenvalue weighted by molar-refractivity contribution is -0.118. The van der Waals surface area contributed by atoms with E-state index < -0.39 is 0 Å². The van der Waals surface area contributed by atoms with Crippen molar-refractivity contribution < 1.29 is 4.79 Å². The maximum Gasteiger partial charge on any atom is 0.177 e. The molecule has 16 heavy (non-hydrogen) atoms. The predicted molar refractivity (Wildman–Crippen MR) is 60.7 cm³/mol.